The number of carbonyl (C=O) groups excluding carboxylic acids is 1. The number of para-hydroxylation sites is 1. The number of benzene rings is 3. The molecule has 4 nitrogen and oxygen atoms in total. The second-order valence-corrected chi connectivity index (χ2v) is 6.97. The predicted molar refractivity (Wildman–Crippen MR) is 107 cm³/mol. The van der Waals surface area contributed by atoms with E-state index in [1.54, 1.807) is 0 Å². The second-order valence-electron chi connectivity index (χ2n) is 6.56. The lowest BCUT2D eigenvalue weighted by Crippen LogP contribution is -2.30. The summed E-state index contributed by atoms with van der Waals surface area (Å²) >= 11 is 5.94. The number of rotatable bonds is 5. The summed E-state index contributed by atoms with van der Waals surface area (Å²) in [5.41, 5.74) is 2.35. The molecule has 0 fully saturated rings. The van der Waals surface area contributed by atoms with Crippen molar-refractivity contribution < 1.29 is 18.7 Å². The average Bonchev–Trinajstić information content (AvgIpc) is 3.04. The normalized spacial score (nSPS) is 12.4. The van der Waals surface area contributed by atoms with Gasteiger partial charge in [-0.05, 0) is 35.9 Å². The van der Waals surface area contributed by atoms with Crippen LogP contribution in [-0.4, -0.2) is 17.6 Å². The highest BCUT2D eigenvalue weighted by atomic mass is 35.5. The Balaban J connectivity index is 1.46. The van der Waals surface area contributed by atoms with Crippen LogP contribution in [0.15, 0.2) is 65.1 Å². The molecule has 0 spiro atoms. The number of amides is 1. The second kappa shape index (κ2) is 7.62. The maximum absolute atomic E-state index is 13.9. The Bertz CT molecular complexity index is 1150. The van der Waals surface area contributed by atoms with E-state index in [1.807, 2.05) is 42.5 Å². The molecule has 0 aliphatic rings. The van der Waals surface area contributed by atoms with Crippen LogP contribution in [0.3, 0.4) is 0 Å². The largest absolute Gasteiger partial charge is 0.456 e. The first-order valence-corrected chi connectivity index (χ1v) is 9.19. The minimum atomic E-state index is -1.22. The minimum absolute atomic E-state index is 0.0178. The number of hydrogen-bond donors (Lipinski definition) is 2. The zero-order chi connectivity index (χ0) is 19.7. The van der Waals surface area contributed by atoms with E-state index in [2.05, 4.69) is 5.32 Å². The lowest BCUT2D eigenvalue weighted by atomic mass is 10.1. The van der Waals surface area contributed by atoms with Crippen molar-refractivity contribution in [1.29, 1.82) is 0 Å². The van der Waals surface area contributed by atoms with E-state index in [9.17, 15) is 14.3 Å². The fourth-order valence-corrected chi connectivity index (χ4v) is 3.56. The van der Waals surface area contributed by atoms with Gasteiger partial charge in [0.2, 0.25) is 5.91 Å². The molecule has 0 aliphatic heterocycles. The predicted octanol–water partition coefficient (Wildman–Crippen LogP) is 4.77. The van der Waals surface area contributed by atoms with Crippen LogP contribution in [0, 0.1) is 5.82 Å². The summed E-state index contributed by atoms with van der Waals surface area (Å²) in [6.45, 7) is -0.129. The van der Waals surface area contributed by atoms with Crippen LogP contribution in [0.5, 0.6) is 0 Å². The van der Waals surface area contributed by atoms with Gasteiger partial charge in [0, 0.05) is 27.9 Å². The van der Waals surface area contributed by atoms with Crippen LogP contribution in [0.1, 0.15) is 17.2 Å². The van der Waals surface area contributed by atoms with Crippen molar-refractivity contribution >= 4 is 39.4 Å². The first kappa shape index (κ1) is 18.5. The van der Waals surface area contributed by atoms with Crippen molar-refractivity contribution in [2.45, 2.75) is 12.5 Å². The highest BCUT2D eigenvalue weighted by molar-refractivity contribution is 6.31. The lowest BCUT2D eigenvalue weighted by molar-refractivity contribution is -0.120. The zero-order valence-corrected chi connectivity index (χ0v) is 15.5. The Morgan fingerprint density at radius 2 is 1.86 bits per heavy atom. The molecule has 0 bridgehead atoms. The Morgan fingerprint density at radius 1 is 1.07 bits per heavy atom. The molecule has 1 amide bonds. The number of fused-ring (bicyclic) bond motifs is 3. The fourth-order valence-electron chi connectivity index (χ4n) is 3.27. The van der Waals surface area contributed by atoms with Crippen molar-refractivity contribution in [2.75, 3.05) is 6.54 Å². The Morgan fingerprint density at radius 3 is 2.68 bits per heavy atom. The maximum Gasteiger partial charge on any atom is 0.224 e. The van der Waals surface area contributed by atoms with Gasteiger partial charge in [0.1, 0.15) is 23.1 Å². The van der Waals surface area contributed by atoms with Crippen LogP contribution in [0.2, 0.25) is 5.02 Å². The molecule has 0 saturated heterocycles. The van der Waals surface area contributed by atoms with Crippen molar-refractivity contribution in [3.05, 3.63) is 82.6 Å². The molecule has 1 aromatic heterocycles. The van der Waals surface area contributed by atoms with Crippen LogP contribution < -0.4 is 5.32 Å². The third-order valence-corrected chi connectivity index (χ3v) is 4.96. The summed E-state index contributed by atoms with van der Waals surface area (Å²) in [7, 11) is 0. The van der Waals surface area contributed by atoms with Gasteiger partial charge in [-0.25, -0.2) is 4.39 Å². The molecule has 4 rings (SSSR count). The van der Waals surface area contributed by atoms with E-state index in [4.69, 9.17) is 16.0 Å². The van der Waals surface area contributed by atoms with E-state index in [0.29, 0.717) is 0 Å². The van der Waals surface area contributed by atoms with Gasteiger partial charge in [0.25, 0.3) is 0 Å². The van der Waals surface area contributed by atoms with Crippen molar-refractivity contribution in [1.82, 2.24) is 5.32 Å². The van der Waals surface area contributed by atoms with E-state index in [1.165, 1.54) is 18.2 Å². The summed E-state index contributed by atoms with van der Waals surface area (Å²) in [5, 5.41) is 14.9. The smallest absolute Gasteiger partial charge is 0.224 e. The zero-order valence-electron chi connectivity index (χ0n) is 14.8. The average molecular weight is 398 g/mol. The third kappa shape index (κ3) is 3.59. The molecule has 1 unspecified atom stereocenters. The summed E-state index contributed by atoms with van der Waals surface area (Å²) < 4.78 is 19.6. The summed E-state index contributed by atoms with van der Waals surface area (Å²) in [5.74, 6) is -0.884. The third-order valence-electron chi connectivity index (χ3n) is 4.63. The Kier molecular flexibility index (Phi) is 5.03. The molecule has 2 N–H and O–H groups in total. The number of halogens is 2. The van der Waals surface area contributed by atoms with Crippen molar-refractivity contribution in [3.63, 3.8) is 0 Å². The van der Waals surface area contributed by atoms with Gasteiger partial charge in [0.15, 0.2) is 0 Å². The molecule has 28 heavy (non-hydrogen) atoms. The van der Waals surface area contributed by atoms with E-state index >= 15 is 0 Å². The molecule has 6 heteroatoms. The van der Waals surface area contributed by atoms with E-state index in [-0.39, 0.29) is 29.5 Å². The number of hydrogen-bond acceptors (Lipinski definition) is 3. The van der Waals surface area contributed by atoms with Gasteiger partial charge in [-0.2, -0.15) is 0 Å². The van der Waals surface area contributed by atoms with Crippen LogP contribution in [-0.2, 0) is 11.2 Å². The lowest BCUT2D eigenvalue weighted by Gasteiger charge is -2.14. The first-order valence-electron chi connectivity index (χ1n) is 8.82. The van der Waals surface area contributed by atoms with Gasteiger partial charge in [-0.15, -0.1) is 0 Å². The van der Waals surface area contributed by atoms with Gasteiger partial charge >= 0.3 is 0 Å². The number of nitrogens with one attached hydrogen (secondary N) is 1. The summed E-state index contributed by atoms with van der Waals surface area (Å²) in [6.07, 6.45) is -1.09. The molecular weight excluding hydrogens is 381 g/mol. The van der Waals surface area contributed by atoms with Gasteiger partial charge in [-0.1, -0.05) is 41.9 Å². The topological polar surface area (TPSA) is 62.5 Å². The molecule has 142 valence electrons. The van der Waals surface area contributed by atoms with E-state index < -0.39 is 11.9 Å². The minimum Gasteiger partial charge on any atom is -0.456 e. The number of aliphatic hydroxyl groups excluding tert-OH is 1. The summed E-state index contributed by atoms with van der Waals surface area (Å²) in [6, 6.07) is 17.5. The number of furan rings is 1. The molecule has 1 atom stereocenters. The molecule has 1 heterocycles. The van der Waals surface area contributed by atoms with Crippen LogP contribution in [0.4, 0.5) is 4.39 Å². The van der Waals surface area contributed by atoms with E-state index in [0.717, 1.165) is 27.5 Å². The standard InChI is InChI=1S/C22H17ClFNO3/c23-16-5-3-6-17(24)22(16)18(26)12-25-21(27)11-13-8-9-20-15(10-13)14-4-1-2-7-19(14)28-20/h1-10,18,26H,11-12H2,(H,25,27). The summed E-state index contributed by atoms with van der Waals surface area (Å²) in [4.78, 5) is 12.3. The maximum atomic E-state index is 13.9. The van der Waals surface area contributed by atoms with Gasteiger partial charge in [-0.3, -0.25) is 4.79 Å². The molecule has 4 aromatic rings. The fraction of sp³-hybridized carbons (Fsp3) is 0.136. The first-order chi connectivity index (χ1) is 13.5. The number of carbonyl (C=O) groups is 1. The molecule has 0 aliphatic carbocycles. The molecular formula is C22H17ClFNO3. The Labute approximate surface area is 165 Å². The van der Waals surface area contributed by atoms with Crippen molar-refractivity contribution in [2.24, 2.45) is 0 Å². The van der Waals surface area contributed by atoms with Crippen LogP contribution >= 0.6 is 11.6 Å². The quantitative estimate of drug-likeness (QED) is 0.510. The molecule has 3 aromatic carbocycles. The van der Waals surface area contributed by atoms with Crippen molar-refractivity contribution in [3.8, 4) is 0 Å². The SMILES string of the molecule is O=C(Cc1ccc2oc3ccccc3c2c1)NCC(O)c1c(F)cccc1Cl. The van der Waals surface area contributed by atoms with Gasteiger partial charge in [0.05, 0.1) is 6.42 Å². The molecule has 0 radical (unpaired) electrons. The Hall–Kier alpha value is -2.89. The van der Waals surface area contributed by atoms with Crippen LogP contribution in [0.25, 0.3) is 21.9 Å². The van der Waals surface area contributed by atoms with Gasteiger partial charge < -0.3 is 14.8 Å². The highest BCUT2D eigenvalue weighted by Crippen LogP contribution is 2.29. The molecule has 0 saturated carbocycles. The number of aliphatic hydroxyl groups is 1. The highest BCUT2D eigenvalue weighted by Gasteiger charge is 2.17. The monoisotopic (exact) mass is 397 g/mol.